The molecule has 5 nitrogen and oxygen atoms in total. The van der Waals surface area contributed by atoms with Crippen molar-refractivity contribution in [2.45, 2.75) is 18.9 Å². The molecule has 1 fully saturated rings. The average Bonchev–Trinajstić information content (AvgIpc) is 3.21. The van der Waals surface area contributed by atoms with Crippen LogP contribution in [-0.2, 0) is 6.54 Å². The number of nitrogens with zero attached hydrogens (tertiary/aromatic N) is 4. The molecule has 1 aromatic carbocycles. The van der Waals surface area contributed by atoms with Gasteiger partial charge in [0.15, 0.2) is 5.65 Å². The molecule has 1 aliphatic heterocycles. The Hall–Kier alpha value is -2.40. The molecule has 2 aromatic heterocycles. The number of nitrogens with one attached hydrogen (secondary N) is 1. The van der Waals surface area contributed by atoms with Gasteiger partial charge in [-0.2, -0.15) is 0 Å². The van der Waals surface area contributed by atoms with Gasteiger partial charge >= 0.3 is 0 Å². The minimum atomic E-state index is 0.472. The second kappa shape index (κ2) is 6.24. The fraction of sp³-hybridized carbons (Fsp3) is 0.368. The highest BCUT2D eigenvalue weighted by molar-refractivity contribution is 5.70. The van der Waals surface area contributed by atoms with Crippen molar-refractivity contribution in [3.8, 4) is 0 Å². The Morgan fingerprint density at radius 3 is 2.79 bits per heavy atom. The van der Waals surface area contributed by atoms with Crippen LogP contribution in [0.2, 0.25) is 0 Å². The number of hydrogen-bond donors (Lipinski definition) is 1. The van der Waals surface area contributed by atoms with Crippen LogP contribution in [0, 0.1) is 0 Å². The first kappa shape index (κ1) is 15.1. The summed E-state index contributed by atoms with van der Waals surface area (Å²) < 4.78 is 0. The van der Waals surface area contributed by atoms with Crippen LogP contribution in [0.4, 0.5) is 5.69 Å². The smallest absolute Gasteiger partial charge is 0.177 e. The zero-order valence-corrected chi connectivity index (χ0v) is 14.2. The minimum Gasteiger partial charge on any atom is -0.378 e. The van der Waals surface area contributed by atoms with Gasteiger partial charge in [0.05, 0.1) is 5.52 Å². The highest BCUT2D eigenvalue weighted by atomic mass is 15.2. The van der Waals surface area contributed by atoms with Crippen LogP contribution in [0.15, 0.2) is 42.6 Å². The maximum absolute atomic E-state index is 4.67. The largest absolute Gasteiger partial charge is 0.378 e. The van der Waals surface area contributed by atoms with Gasteiger partial charge in [-0.1, -0.05) is 12.1 Å². The van der Waals surface area contributed by atoms with E-state index in [1.807, 2.05) is 12.1 Å². The van der Waals surface area contributed by atoms with Gasteiger partial charge in [0.1, 0.15) is 5.82 Å². The van der Waals surface area contributed by atoms with Crippen LogP contribution in [0.5, 0.6) is 0 Å². The lowest BCUT2D eigenvalue weighted by Crippen LogP contribution is -2.20. The third kappa shape index (κ3) is 2.99. The summed E-state index contributed by atoms with van der Waals surface area (Å²) in [6, 6.07) is 12.8. The predicted molar refractivity (Wildman–Crippen MR) is 97.3 cm³/mol. The van der Waals surface area contributed by atoms with Crippen molar-refractivity contribution >= 4 is 16.9 Å². The molecule has 0 aliphatic carbocycles. The standard InChI is InChI=1S/C19H23N5/c1-23(2)16-7-5-14(6-8-16)12-24-11-9-15(13-24)18-21-17-4-3-10-20-19(17)22-18/h3-8,10,15H,9,11-13H2,1-2H3,(H,20,21,22). The second-order valence-corrected chi connectivity index (χ2v) is 6.78. The van der Waals surface area contributed by atoms with Gasteiger partial charge in [-0.25, -0.2) is 9.97 Å². The van der Waals surface area contributed by atoms with Gasteiger partial charge in [0.25, 0.3) is 0 Å². The minimum absolute atomic E-state index is 0.472. The maximum atomic E-state index is 4.67. The van der Waals surface area contributed by atoms with E-state index in [9.17, 15) is 0 Å². The molecule has 3 heterocycles. The SMILES string of the molecule is CN(C)c1ccc(CN2CCC(c3nc4ncccc4[nH]3)C2)cc1. The van der Waals surface area contributed by atoms with Crippen LogP contribution >= 0.6 is 0 Å². The molecule has 1 unspecified atom stereocenters. The molecule has 3 aromatic rings. The number of H-pyrrole nitrogens is 1. The van der Waals surface area contributed by atoms with Crippen LogP contribution in [0.25, 0.3) is 11.2 Å². The Balaban J connectivity index is 1.42. The zero-order chi connectivity index (χ0) is 16.5. The lowest BCUT2D eigenvalue weighted by molar-refractivity contribution is 0.326. The van der Waals surface area contributed by atoms with Crippen molar-refractivity contribution in [2.24, 2.45) is 0 Å². The number of anilines is 1. The normalized spacial score (nSPS) is 18.3. The molecule has 1 aliphatic rings. The molecule has 0 spiro atoms. The zero-order valence-electron chi connectivity index (χ0n) is 14.2. The summed E-state index contributed by atoms with van der Waals surface area (Å²) in [5.74, 6) is 1.55. The van der Waals surface area contributed by atoms with Crippen LogP contribution in [-0.4, -0.2) is 47.0 Å². The van der Waals surface area contributed by atoms with Crippen molar-refractivity contribution in [1.82, 2.24) is 19.9 Å². The molecular formula is C19H23N5. The molecule has 124 valence electrons. The number of aromatic nitrogens is 3. The Labute approximate surface area is 142 Å². The number of hydrogen-bond acceptors (Lipinski definition) is 4. The molecule has 4 rings (SSSR count). The van der Waals surface area contributed by atoms with E-state index >= 15 is 0 Å². The highest BCUT2D eigenvalue weighted by Crippen LogP contribution is 2.27. The quantitative estimate of drug-likeness (QED) is 0.802. The van der Waals surface area contributed by atoms with E-state index in [1.165, 1.54) is 11.3 Å². The molecule has 0 radical (unpaired) electrons. The van der Waals surface area contributed by atoms with E-state index in [-0.39, 0.29) is 0 Å². The van der Waals surface area contributed by atoms with Crippen LogP contribution < -0.4 is 4.90 Å². The van der Waals surface area contributed by atoms with E-state index in [0.29, 0.717) is 5.92 Å². The van der Waals surface area contributed by atoms with E-state index in [0.717, 1.165) is 43.0 Å². The first-order valence-electron chi connectivity index (χ1n) is 8.48. The van der Waals surface area contributed by atoms with Gasteiger partial charge in [0, 0.05) is 45.0 Å². The van der Waals surface area contributed by atoms with E-state index in [1.54, 1.807) is 6.20 Å². The summed E-state index contributed by atoms with van der Waals surface area (Å²) in [6.45, 7) is 3.17. The summed E-state index contributed by atoms with van der Waals surface area (Å²) in [6.07, 6.45) is 2.95. The molecule has 0 bridgehead atoms. The van der Waals surface area contributed by atoms with Crippen molar-refractivity contribution < 1.29 is 0 Å². The molecule has 1 atom stereocenters. The Morgan fingerprint density at radius 2 is 2.04 bits per heavy atom. The van der Waals surface area contributed by atoms with Crippen molar-refractivity contribution in [1.29, 1.82) is 0 Å². The fourth-order valence-electron chi connectivity index (χ4n) is 3.41. The van der Waals surface area contributed by atoms with Gasteiger partial charge in [-0.05, 0) is 42.8 Å². The number of pyridine rings is 1. The van der Waals surface area contributed by atoms with E-state index in [4.69, 9.17) is 0 Å². The summed E-state index contributed by atoms with van der Waals surface area (Å²) in [7, 11) is 4.14. The van der Waals surface area contributed by atoms with E-state index < -0.39 is 0 Å². The highest BCUT2D eigenvalue weighted by Gasteiger charge is 2.26. The Bertz CT molecular complexity index is 788. The first-order valence-corrected chi connectivity index (χ1v) is 8.48. The first-order chi connectivity index (χ1) is 11.7. The van der Waals surface area contributed by atoms with Crippen LogP contribution in [0.1, 0.15) is 23.7 Å². The number of rotatable bonds is 4. The molecular weight excluding hydrogens is 298 g/mol. The fourth-order valence-corrected chi connectivity index (χ4v) is 3.41. The molecule has 1 saturated heterocycles. The van der Waals surface area contributed by atoms with E-state index in [2.05, 4.69) is 63.1 Å². The lowest BCUT2D eigenvalue weighted by atomic mass is 10.1. The summed E-state index contributed by atoms with van der Waals surface area (Å²) >= 11 is 0. The third-order valence-corrected chi connectivity index (χ3v) is 4.79. The molecule has 24 heavy (non-hydrogen) atoms. The number of imidazole rings is 1. The number of fused-ring (bicyclic) bond motifs is 1. The van der Waals surface area contributed by atoms with Crippen LogP contribution in [0.3, 0.4) is 0 Å². The average molecular weight is 321 g/mol. The maximum Gasteiger partial charge on any atom is 0.177 e. The predicted octanol–water partition coefficient (Wildman–Crippen LogP) is 3.01. The van der Waals surface area contributed by atoms with Gasteiger partial charge in [0.2, 0.25) is 0 Å². The van der Waals surface area contributed by atoms with Crippen molar-refractivity contribution in [3.05, 3.63) is 54.0 Å². The van der Waals surface area contributed by atoms with Gasteiger partial charge in [-0.3, -0.25) is 4.90 Å². The van der Waals surface area contributed by atoms with Gasteiger partial charge in [-0.15, -0.1) is 0 Å². The summed E-state index contributed by atoms with van der Waals surface area (Å²) in [5, 5.41) is 0. The monoisotopic (exact) mass is 321 g/mol. The second-order valence-electron chi connectivity index (χ2n) is 6.78. The lowest BCUT2D eigenvalue weighted by Gasteiger charge is -2.17. The topological polar surface area (TPSA) is 48.1 Å². The Morgan fingerprint density at radius 1 is 1.21 bits per heavy atom. The third-order valence-electron chi connectivity index (χ3n) is 4.79. The number of benzene rings is 1. The number of aromatic amines is 1. The summed E-state index contributed by atoms with van der Waals surface area (Å²) in [5.41, 5.74) is 4.47. The summed E-state index contributed by atoms with van der Waals surface area (Å²) in [4.78, 5) is 17.1. The van der Waals surface area contributed by atoms with Crippen molar-refractivity contribution in [2.75, 3.05) is 32.1 Å². The van der Waals surface area contributed by atoms with Crippen molar-refractivity contribution in [3.63, 3.8) is 0 Å². The molecule has 1 N–H and O–H groups in total. The molecule has 0 saturated carbocycles. The number of likely N-dealkylation sites (tertiary alicyclic amines) is 1. The van der Waals surface area contributed by atoms with Gasteiger partial charge < -0.3 is 9.88 Å². The molecule has 5 heteroatoms. The molecule has 0 amide bonds. The Kier molecular flexibility index (Phi) is 3.94.